The molecule has 0 saturated heterocycles. The standard InChI is InChI=1S/C13H11BrF2N2/c1-3-9-7(2)17-13(18-12(9)14)8-4-5-10(15)11(16)6-8/h4-6H,3H2,1-2H3. The number of benzene rings is 1. The van der Waals surface area contributed by atoms with Gasteiger partial charge in [0.25, 0.3) is 0 Å². The minimum Gasteiger partial charge on any atom is -0.233 e. The van der Waals surface area contributed by atoms with Crippen molar-refractivity contribution in [2.75, 3.05) is 0 Å². The second kappa shape index (κ2) is 5.10. The molecule has 0 amide bonds. The van der Waals surface area contributed by atoms with Crippen molar-refractivity contribution >= 4 is 15.9 Å². The van der Waals surface area contributed by atoms with E-state index in [0.29, 0.717) is 16.0 Å². The van der Waals surface area contributed by atoms with Crippen LogP contribution in [0, 0.1) is 18.6 Å². The molecule has 0 saturated carbocycles. The third-order valence-corrected chi connectivity index (χ3v) is 3.35. The summed E-state index contributed by atoms with van der Waals surface area (Å²) < 4.78 is 26.7. The smallest absolute Gasteiger partial charge is 0.160 e. The molecule has 0 unspecified atom stereocenters. The Kier molecular flexibility index (Phi) is 3.71. The van der Waals surface area contributed by atoms with E-state index in [1.54, 1.807) is 0 Å². The van der Waals surface area contributed by atoms with E-state index in [4.69, 9.17) is 0 Å². The van der Waals surface area contributed by atoms with Crippen LogP contribution in [0.5, 0.6) is 0 Å². The Labute approximate surface area is 112 Å². The van der Waals surface area contributed by atoms with E-state index < -0.39 is 11.6 Å². The summed E-state index contributed by atoms with van der Waals surface area (Å²) in [5.74, 6) is -1.39. The van der Waals surface area contributed by atoms with Crippen molar-refractivity contribution in [2.24, 2.45) is 0 Å². The molecule has 2 rings (SSSR count). The molecule has 0 atom stereocenters. The van der Waals surface area contributed by atoms with Gasteiger partial charge in [-0.2, -0.15) is 0 Å². The van der Waals surface area contributed by atoms with Gasteiger partial charge in [-0.3, -0.25) is 0 Å². The first-order valence-corrected chi connectivity index (χ1v) is 6.30. The van der Waals surface area contributed by atoms with Crippen molar-refractivity contribution in [1.29, 1.82) is 0 Å². The summed E-state index contributed by atoms with van der Waals surface area (Å²) in [6.07, 6.45) is 0.810. The molecule has 1 aromatic carbocycles. The topological polar surface area (TPSA) is 25.8 Å². The fraction of sp³-hybridized carbons (Fsp3) is 0.231. The molecule has 0 fully saturated rings. The SMILES string of the molecule is CCc1c(C)nc(-c2ccc(F)c(F)c2)nc1Br. The molecule has 0 N–H and O–H groups in total. The Hall–Kier alpha value is -1.36. The van der Waals surface area contributed by atoms with Gasteiger partial charge in [0.05, 0.1) is 0 Å². The van der Waals surface area contributed by atoms with E-state index >= 15 is 0 Å². The summed E-state index contributed by atoms with van der Waals surface area (Å²) in [7, 11) is 0. The largest absolute Gasteiger partial charge is 0.233 e. The van der Waals surface area contributed by atoms with Gasteiger partial charge in [0.1, 0.15) is 4.60 Å². The maximum Gasteiger partial charge on any atom is 0.160 e. The van der Waals surface area contributed by atoms with Crippen LogP contribution in [-0.4, -0.2) is 9.97 Å². The molecule has 0 aliphatic carbocycles. The monoisotopic (exact) mass is 312 g/mol. The second-order valence-electron chi connectivity index (χ2n) is 3.88. The number of aryl methyl sites for hydroxylation is 1. The van der Waals surface area contributed by atoms with Crippen LogP contribution < -0.4 is 0 Å². The molecule has 0 aliphatic heterocycles. The summed E-state index contributed by atoms with van der Waals surface area (Å²) in [4.78, 5) is 8.58. The zero-order valence-electron chi connectivity index (χ0n) is 9.97. The first kappa shape index (κ1) is 13.1. The van der Waals surface area contributed by atoms with Crippen molar-refractivity contribution < 1.29 is 8.78 Å². The zero-order valence-corrected chi connectivity index (χ0v) is 11.6. The van der Waals surface area contributed by atoms with Crippen molar-refractivity contribution in [3.05, 3.63) is 45.7 Å². The van der Waals surface area contributed by atoms with E-state index in [2.05, 4.69) is 25.9 Å². The Morgan fingerprint density at radius 3 is 2.44 bits per heavy atom. The summed E-state index contributed by atoms with van der Waals surface area (Å²) in [5.41, 5.74) is 2.31. The zero-order chi connectivity index (χ0) is 13.3. The van der Waals surface area contributed by atoms with E-state index in [1.807, 2.05) is 13.8 Å². The second-order valence-corrected chi connectivity index (χ2v) is 4.64. The summed E-state index contributed by atoms with van der Waals surface area (Å²) in [6, 6.07) is 3.64. The lowest BCUT2D eigenvalue weighted by Crippen LogP contribution is -2.00. The third kappa shape index (κ3) is 2.41. The van der Waals surface area contributed by atoms with Gasteiger partial charge in [-0.25, -0.2) is 18.7 Å². The van der Waals surface area contributed by atoms with E-state index in [0.717, 1.165) is 29.8 Å². The van der Waals surface area contributed by atoms with Gasteiger partial charge in [0.2, 0.25) is 0 Å². The first-order valence-electron chi connectivity index (χ1n) is 5.51. The van der Waals surface area contributed by atoms with Gasteiger partial charge in [0, 0.05) is 16.8 Å². The molecule has 2 aromatic rings. The van der Waals surface area contributed by atoms with Crippen LogP contribution in [0.2, 0.25) is 0 Å². The fourth-order valence-electron chi connectivity index (χ4n) is 1.73. The first-order chi connectivity index (χ1) is 8.52. The van der Waals surface area contributed by atoms with Gasteiger partial charge in [-0.15, -0.1) is 0 Å². The van der Waals surface area contributed by atoms with Gasteiger partial charge in [-0.1, -0.05) is 6.92 Å². The van der Waals surface area contributed by atoms with Gasteiger partial charge < -0.3 is 0 Å². The number of hydrogen-bond donors (Lipinski definition) is 0. The highest BCUT2D eigenvalue weighted by atomic mass is 79.9. The van der Waals surface area contributed by atoms with Crippen molar-refractivity contribution in [3.63, 3.8) is 0 Å². The van der Waals surface area contributed by atoms with Crippen LogP contribution in [-0.2, 0) is 6.42 Å². The highest BCUT2D eigenvalue weighted by molar-refractivity contribution is 9.10. The van der Waals surface area contributed by atoms with Crippen molar-refractivity contribution in [1.82, 2.24) is 9.97 Å². The molecule has 1 heterocycles. The molecule has 0 aliphatic rings. The Balaban J connectivity index is 2.54. The highest BCUT2D eigenvalue weighted by Gasteiger charge is 2.11. The van der Waals surface area contributed by atoms with E-state index in [-0.39, 0.29) is 0 Å². The van der Waals surface area contributed by atoms with Crippen molar-refractivity contribution in [2.45, 2.75) is 20.3 Å². The number of nitrogens with zero attached hydrogens (tertiary/aromatic N) is 2. The fourth-order valence-corrected chi connectivity index (χ4v) is 2.46. The molecule has 18 heavy (non-hydrogen) atoms. The molecular formula is C13H11BrF2N2. The van der Waals surface area contributed by atoms with Crippen LogP contribution >= 0.6 is 15.9 Å². The van der Waals surface area contributed by atoms with Crippen LogP contribution in [0.25, 0.3) is 11.4 Å². The maximum absolute atomic E-state index is 13.2. The molecule has 94 valence electrons. The highest BCUT2D eigenvalue weighted by Crippen LogP contribution is 2.24. The number of halogens is 3. The average molecular weight is 313 g/mol. The minimum atomic E-state index is -0.899. The molecule has 1 aromatic heterocycles. The lowest BCUT2D eigenvalue weighted by molar-refractivity contribution is 0.509. The normalized spacial score (nSPS) is 10.7. The maximum atomic E-state index is 13.2. The van der Waals surface area contributed by atoms with E-state index in [9.17, 15) is 8.78 Å². The summed E-state index contributed by atoms with van der Waals surface area (Å²) >= 11 is 3.37. The molecule has 2 nitrogen and oxygen atoms in total. The molecule has 0 radical (unpaired) electrons. The number of aromatic nitrogens is 2. The van der Waals surface area contributed by atoms with Crippen LogP contribution in [0.3, 0.4) is 0 Å². The number of rotatable bonds is 2. The van der Waals surface area contributed by atoms with Crippen LogP contribution in [0.15, 0.2) is 22.8 Å². The molecule has 0 spiro atoms. The quantitative estimate of drug-likeness (QED) is 0.782. The summed E-state index contributed by atoms with van der Waals surface area (Å²) in [5, 5.41) is 0. The predicted octanol–water partition coefficient (Wildman–Crippen LogP) is 4.06. The van der Waals surface area contributed by atoms with Gasteiger partial charge in [0.15, 0.2) is 17.5 Å². The molecule has 0 bridgehead atoms. The third-order valence-electron chi connectivity index (χ3n) is 2.69. The lowest BCUT2D eigenvalue weighted by Gasteiger charge is -2.08. The average Bonchev–Trinajstić information content (AvgIpc) is 2.32. The lowest BCUT2D eigenvalue weighted by atomic mass is 10.1. The minimum absolute atomic E-state index is 0.385. The molecule has 5 heteroatoms. The Morgan fingerprint density at radius 2 is 1.89 bits per heavy atom. The molecular weight excluding hydrogens is 302 g/mol. The van der Waals surface area contributed by atoms with Crippen LogP contribution in [0.4, 0.5) is 8.78 Å². The number of hydrogen-bond acceptors (Lipinski definition) is 2. The van der Waals surface area contributed by atoms with Crippen LogP contribution in [0.1, 0.15) is 18.2 Å². The van der Waals surface area contributed by atoms with Gasteiger partial charge >= 0.3 is 0 Å². The predicted molar refractivity (Wildman–Crippen MR) is 69.2 cm³/mol. The van der Waals surface area contributed by atoms with Gasteiger partial charge in [-0.05, 0) is 47.5 Å². The summed E-state index contributed by atoms with van der Waals surface area (Å²) in [6.45, 7) is 3.88. The van der Waals surface area contributed by atoms with E-state index in [1.165, 1.54) is 6.07 Å². The Morgan fingerprint density at radius 1 is 1.17 bits per heavy atom. The Bertz CT molecular complexity index is 577. The van der Waals surface area contributed by atoms with Crippen molar-refractivity contribution in [3.8, 4) is 11.4 Å².